The molecule has 0 aliphatic carbocycles. The van der Waals surface area contributed by atoms with Gasteiger partial charge in [-0.1, -0.05) is 71.9 Å². The fourth-order valence-corrected chi connectivity index (χ4v) is 7.66. The first-order chi connectivity index (χ1) is 20.8. The molecule has 0 atom stereocenters. The summed E-state index contributed by atoms with van der Waals surface area (Å²) in [5.74, 6) is 1.74. The summed E-state index contributed by atoms with van der Waals surface area (Å²) >= 11 is 0. The summed E-state index contributed by atoms with van der Waals surface area (Å²) < 4.78 is 35.0. The predicted molar refractivity (Wildman–Crippen MR) is 180 cm³/mol. The first-order valence-electron chi connectivity index (χ1n) is 15.1. The van der Waals surface area contributed by atoms with Gasteiger partial charge in [-0.15, -0.1) is 0 Å². The topological polar surface area (TPSA) is 75.6 Å². The number of hydrogen-bond donors (Lipinski definition) is 1. The fourth-order valence-electron chi connectivity index (χ4n) is 4.90. The van der Waals surface area contributed by atoms with Gasteiger partial charge >= 0.3 is 0 Å². The molecule has 0 unspecified atom stereocenters. The van der Waals surface area contributed by atoms with Crippen molar-refractivity contribution in [3.63, 3.8) is 0 Å². The van der Waals surface area contributed by atoms with Crippen molar-refractivity contribution in [1.29, 1.82) is 0 Å². The quantitative estimate of drug-likeness (QED) is 0.120. The average Bonchev–Trinajstić information content (AvgIpc) is 2.94. The molecule has 44 heavy (non-hydrogen) atoms. The van der Waals surface area contributed by atoms with E-state index in [0.29, 0.717) is 26.4 Å². The van der Waals surface area contributed by atoms with Crippen molar-refractivity contribution in [2.75, 3.05) is 54.2 Å². The summed E-state index contributed by atoms with van der Waals surface area (Å²) in [7, 11) is 1.91. The van der Waals surface area contributed by atoms with E-state index >= 15 is 0 Å². The lowest BCUT2D eigenvalue weighted by molar-refractivity contribution is -0.00871. The van der Waals surface area contributed by atoms with Gasteiger partial charge in [0.05, 0.1) is 26.4 Å². The van der Waals surface area contributed by atoms with E-state index in [1.165, 1.54) is 0 Å². The summed E-state index contributed by atoms with van der Waals surface area (Å²) in [4.78, 5) is 0. The molecule has 0 bridgehead atoms. The molecule has 0 radical (unpaired) electrons. The molecular formula is C36H51O7P. The molecule has 3 rings (SSSR count). The van der Waals surface area contributed by atoms with Crippen LogP contribution in [0.15, 0.2) is 48.5 Å². The van der Waals surface area contributed by atoms with E-state index in [2.05, 4.69) is 79.7 Å². The lowest BCUT2D eigenvalue weighted by atomic mass is 9.85. The van der Waals surface area contributed by atoms with Gasteiger partial charge < -0.3 is 33.5 Å². The van der Waals surface area contributed by atoms with Crippen LogP contribution in [-0.4, -0.2) is 59.3 Å². The molecule has 0 aliphatic rings. The number of aryl methyl sites for hydroxylation is 2. The predicted octanol–water partition coefficient (Wildman–Crippen LogP) is 6.36. The van der Waals surface area contributed by atoms with Crippen molar-refractivity contribution in [2.45, 2.75) is 66.2 Å². The van der Waals surface area contributed by atoms with Crippen LogP contribution in [-0.2, 0) is 29.8 Å². The maximum absolute atomic E-state index is 11.4. The van der Waals surface area contributed by atoms with Crippen LogP contribution in [0.1, 0.15) is 63.8 Å². The Morgan fingerprint density at radius 3 is 1.43 bits per heavy atom. The van der Waals surface area contributed by atoms with Crippen molar-refractivity contribution < 1.29 is 33.5 Å². The number of methoxy groups -OCH3 is 2. The van der Waals surface area contributed by atoms with Crippen molar-refractivity contribution in [2.24, 2.45) is 0 Å². The number of phenolic OH excluding ortho intramolecular Hbond substituents is 1. The van der Waals surface area contributed by atoms with Gasteiger partial charge in [-0.3, -0.25) is 0 Å². The number of rotatable bonds is 15. The Balaban J connectivity index is 2.36. The molecule has 3 aromatic carbocycles. The van der Waals surface area contributed by atoms with Crippen LogP contribution in [0.4, 0.5) is 0 Å². The Morgan fingerprint density at radius 1 is 0.614 bits per heavy atom. The Morgan fingerprint density at radius 2 is 1.05 bits per heavy atom. The van der Waals surface area contributed by atoms with E-state index < -0.39 is 7.92 Å². The molecule has 0 aliphatic heterocycles. The third-order valence-corrected chi connectivity index (χ3v) is 9.57. The van der Waals surface area contributed by atoms with Crippen molar-refractivity contribution in [3.8, 4) is 17.2 Å². The Hall–Kier alpha value is -2.67. The maximum Gasteiger partial charge on any atom is 0.189 e. The normalized spacial score (nSPS) is 12.2. The summed E-state index contributed by atoms with van der Waals surface area (Å²) in [5.41, 5.74) is 3.91. The van der Waals surface area contributed by atoms with E-state index in [-0.39, 0.29) is 30.2 Å². The molecular weight excluding hydrogens is 575 g/mol. The first kappa shape index (κ1) is 35.8. The van der Waals surface area contributed by atoms with Gasteiger partial charge in [-0.25, -0.2) is 0 Å². The highest BCUT2D eigenvalue weighted by atomic mass is 31.1. The molecule has 7 nitrogen and oxygen atoms in total. The molecule has 242 valence electrons. The molecule has 0 fully saturated rings. The largest absolute Gasteiger partial charge is 0.507 e. The monoisotopic (exact) mass is 626 g/mol. The molecule has 0 saturated heterocycles. The van der Waals surface area contributed by atoms with Crippen molar-refractivity contribution in [1.82, 2.24) is 0 Å². The van der Waals surface area contributed by atoms with Crippen LogP contribution in [0.25, 0.3) is 0 Å². The van der Waals surface area contributed by atoms with Crippen LogP contribution in [0.3, 0.4) is 0 Å². The highest BCUT2D eigenvalue weighted by Gasteiger charge is 2.33. The van der Waals surface area contributed by atoms with Gasteiger partial charge in [-0.2, -0.15) is 0 Å². The van der Waals surface area contributed by atoms with Crippen LogP contribution in [0.5, 0.6) is 17.2 Å². The summed E-state index contributed by atoms with van der Waals surface area (Å²) in [6.07, 6.45) is 0. The number of ether oxygens (including phenoxy) is 6. The second kappa shape index (κ2) is 16.1. The smallest absolute Gasteiger partial charge is 0.189 e. The third-order valence-electron chi connectivity index (χ3n) is 7.08. The minimum Gasteiger partial charge on any atom is -0.507 e. The van der Waals surface area contributed by atoms with Gasteiger partial charge in [-0.05, 0) is 61.9 Å². The van der Waals surface area contributed by atoms with Crippen molar-refractivity contribution in [3.05, 3.63) is 70.8 Å². The second-order valence-corrected chi connectivity index (χ2v) is 15.1. The number of aromatic hydroxyl groups is 1. The van der Waals surface area contributed by atoms with Crippen molar-refractivity contribution >= 4 is 23.8 Å². The van der Waals surface area contributed by atoms with Crippen LogP contribution < -0.4 is 25.4 Å². The van der Waals surface area contributed by atoms with Gasteiger partial charge in [0, 0.05) is 41.3 Å². The van der Waals surface area contributed by atoms with Gasteiger partial charge in [0.2, 0.25) is 0 Å². The second-order valence-electron chi connectivity index (χ2n) is 13.0. The zero-order chi connectivity index (χ0) is 32.5. The van der Waals surface area contributed by atoms with E-state index in [9.17, 15) is 5.11 Å². The van der Waals surface area contributed by atoms with Crippen LogP contribution >= 0.6 is 7.92 Å². The molecule has 3 aromatic rings. The van der Waals surface area contributed by atoms with Gasteiger partial charge in [0.15, 0.2) is 13.6 Å². The molecule has 1 N–H and O–H groups in total. The lowest BCUT2D eigenvalue weighted by Gasteiger charge is -2.32. The number of benzene rings is 3. The van der Waals surface area contributed by atoms with E-state index in [1.54, 1.807) is 20.3 Å². The SMILES string of the molecule is COCCOCOc1c(P(c2ccccc2O)c2cc(C)cc(C(C)(C)C)c2OCOCCOC)cc(C)cc1C(C)(C)C. The minimum atomic E-state index is -1.38. The molecule has 0 amide bonds. The summed E-state index contributed by atoms with van der Waals surface area (Å²) in [5, 5.41) is 14.2. The number of phenols is 1. The first-order valence-corrected chi connectivity index (χ1v) is 16.4. The lowest BCUT2D eigenvalue weighted by Crippen LogP contribution is -2.29. The molecule has 8 heteroatoms. The average molecular weight is 627 g/mol. The maximum atomic E-state index is 11.4. The third kappa shape index (κ3) is 9.42. The molecule has 0 aromatic heterocycles. The molecule has 0 saturated carbocycles. The number of para-hydroxylation sites is 1. The Bertz CT molecular complexity index is 1280. The molecule has 0 heterocycles. The van der Waals surface area contributed by atoms with E-state index in [4.69, 9.17) is 28.4 Å². The van der Waals surface area contributed by atoms with Gasteiger partial charge in [0.1, 0.15) is 17.2 Å². The zero-order valence-corrected chi connectivity index (χ0v) is 29.1. The summed E-state index contributed by atoms with van der Waals surface area (Å²) in [6, 6.07) is 16.3. The minimum absolute atomic E-state index is 0.0736. The Labute approximate surface area is 265 Å². The molecule has 0 spiro atoms. The van der Waals surface area contributed by atoms with E-state index in [0.717, 1.165) is 49.7 Å². The van der Waals surface area contributed by atoms with Gasteiger partial charge in [0.25, 0.3) is 0 Å². The summed E-state index contributed by atoms with van der Waals surface area (Å²) in [6.45, 7) is 19.3. The zero-order valence-electron chi connectivity index (χ0n) is 28.2. The van der Waals surface area contributed by atoms with E-state index in [1.807, 2.05) is 18.2 Å². The van der Waals surface area contributed by atoms with Crippen LogP contribution in [0.2, 0.25) is 0 Å². The highest BCUT2D eigenvalue weighted by molar-refractivity contribution is 7.80. The fraction of sp³-hybridized carbons (Fsp3) is 0.500. The number of hydrogen-bond acceptors (Lipinski definition) is 7. The highest BCUT2D eigenvalue weighted by Crippen LogP contribution is 2.47. The Kier molecular flexibility index (Phi) is 13.1. The van der Waals surface area contributed by atoms with Crippen LogP contribution in [0, 0.1) is 13.8 Å². The standard InChI is InChI=1S/C36H51O7P/c1-25-19-27(35(3,4)5)33(42-23-40-17-15-38-9)31(21-25)44(30-14-12-11-13-29(30)37)32-22-26(2)20-28(36(6,7)8)34(32)43-24-41-18-16-39-10/h11-14,19-22,37H,15-18,23-24H2,1-10H3.